The lowest BCUT2D eigenvalue weighted by atomic mass is 9.85. The minimum absolute atomic E-state index is 0.602. The van der Waals surface area contributed by atoms with Crippen LogP contribution in [-0.4, -0.2) is 9.97 Å². The van der Waals surface area contributed by atoms with E-state index in [9.17, 15) is 5.26 Å². The van der Waals surface area contributed by atoms with E-state index in [1.807, 2.05) is 30.3 Å². The molecule has 0 bridgehead atoms. The summed E-state index contributed by atoms with van der Waals surface area (Å²) in [5.74, 6) is 0. The summed E-state index contributed by atoms with van der Waals surface area (Å²) in [6.07, 6.45) is 0. The van der Waals surface area contributed by atoms with Crippen LogP contribution in [0.4, 0.5) is 0 Å². The molecule has 0 amide bonds. The largest absolute Gasteiger partial charge is 0.247 e. The van der Waals surface area contributed by atoms with Crippen molar-refractivity contribution in [1.82, 2.24) is 9.97 Å². The Bertz CT molecular complexity index is 2440. The van der Waals surface area contributed by atoms with Gasteiger partial charge in [0, 0.05) is 32.7 Å². The molecule has 0 aliphatic heterocycles. The molecule has 0 N–H and O–H groups in total. The van der Waals surface area contributed by atoms with Crippen LogP contribution < -0.4 is 0 Å². The molecule has 8 rings (SSSR count). The first-order valence-corrected chi connectivity index (χ1v) is 14.8. The van der Waals surface area contributed by atoms with Crippen LogP contribution in [0.1, 0.15) is 16.7 Å². The van der Waals surface area contributed by atoms with Crippen LogP contribution >= 0.6 is 0 Å². The minimum Gasteiger partial charge on any atom is -0.247 e. The fourth-order valence-electron chi connectivity index (χ4n) is 6.78. The number of aryl methyl sites for hydroxylation is 2. The van der Waals surface area contributed by atoms with E-state index in [0.29, 0.717) is 5.56 Å². The van der Waals surface area contributed by atoms with Crippen molar-refractivity contribution >= 4 is 43.4 Å². The predicted octanol–water partition coefficient (Wildman–Crippen LogP) is 10.6. The summed E-state index contributed by atoms with van der Waals surface area (Å²) in [4.78, 5) is 10.6. The van der Waals surface area contributed by atoms with Gasteiger partial charge in [0.2, 0.25) is 0 Å². The monoisotopic (exact) mass is 561 g/mol. The van der Waals surface area contributed by atoms with Gasteiger partial charge in [-0.3, -0.25) is 0 Å². The normalized spacial score (nSPS) is 11.4. The first-order valence-electron chi connectivity index (χ1n) is 14.8. The fraction of sp³-hybridized carbons (Fsp3) is 0.0488. The van der Waals surface area contributed by atoms with Gasteiger partial charge in [-0.25, -0.2) is 9.97 Å². The zero-order chi connectivity index (χ0) is 29.8. The predicted molar refractivity (Wildman–Crippen MR) is 183 cm³/mol. The van der Waals surface area contributed by atoms with Gasteiger partial charge in [0.15, 0.2) is 0 Å². The molecule has 0 saturated heterocycles. The van der Waals surface area contributed by atoms with Crippen LogP contribution in [0, 0.1) is 25.2 Å². The summed E-state index contributed by atoms with van der Waals surface area (Å²) in [5, 5.41) is 16.5. The summed E-state index contributed by atoms with van der Waals surface area (Å²) >= 11 is 0. The van der Waals surface area contributed by atoms with Crippen LogP contribution in [-0.2, 0) is 0 Å². The van der Waals surface area contributed by atoms with Crippen LogP contribution in [0.2, 0.25) is 0 Å². The highest BCUT2D eigenvalue weighted by Crippen LogP contribution is 2.45. The van der Waals surface area contributed by atoms with Crippen molar-refractivity contribution in [1.29, 1.82) is 5.26 Å². The maximum Gasteiger partial charge on any atom is 0.0992 e. The highest BCUT2D eigenvalue weighted by Gasteiger charge is 2.22. The van der Waals surface area contributed by atoms with Crippen molar-refractivity contribution < 1.29 is 0 Å². The highest BCUT2D eigenvalue weighted by atomic mass is 14.7. The first kappa shape index (κ1) is 25.8. The summed E-state index contributed by atoms with van der Waals surface area (Å²) in [5.41, 5.74) is 11.1. The van der Waals surface area contributed by atoms with Crippen LogP contribution in [0.3, 0.4) is 0 Å². The molecule has 0 aliphatic carbocycles. The lowest BCUT2D eigenvalue weighted by Gasteiger charge is -2.21. The Balaban J connectivity index is 1.60. The smallest absolute Gasteiger partial charge is 0.0992 e. The number of aromatic nitrogens is 2. The molecule has 0 spiro atoms. The molecule has 3 nitrogen and oxygen atoms in total. The SMILES string of the molecule is Cc1c2c(-c3ccccc3)nc3cc(-c4ccccc4)ccc3c2c(C)c2c(-c3ccccc3)nc3cc(C#N)ccc3c12. The molecule has 8 aromatic rings. The molecule has 0 saturated carbocycles. The van der Waals surface area contributed by atoms with Crippen LogP contribution in [0.25, 0.3) is 77.0 Å². The third-order valence-corrected chi connectivity index (χ3v) is 8.80. The lowest BCUT2D eigenvalue weighted by Crippen LogP contribution is -1.99. The maximum atomic E-state index is 9.71. The standard InChI is InChI=1S/C41H27N3/c1-25-36-32-20-18-27(24-42)22-34(32)43-40(29-14-8-4-9-15-29)38(36)26(2)37-33-21-19-31(28-12-6-3-7-13-28)23-35(33)44-41(39(25)37)30-16-10-5-11-17-30/h3-23H,1-2H3. The highest BCUT2D eigenvalue weighted by molar-refractivity contribution is 6.25. The zero-order valence-electron chi connectivity index (χ0n) is 24.5. The molecule has 206 valence electrons. The number of nitrogens with zero attached hydrogens (tertiary/aromatic N) is 3. The van der Waals surface area contributed by atoms with Gasteiger partial charge in [-0.05, 0) is 65.1 Å². The molecule has 6 aromatic carbocycles. The van der Waals surface area contributed by atoms with Gasteiger partial charge in [0.25, 0.3) is 0 Å². The zero-order valence-corrected chi connectivity index (χ0v) is 24.5. The van der Waals surface area contributed by atoms with Crippen molar-refractivity contribution in [2.75, 3.05) is 0 Å². The number of rotatable bonds is 3. The Labute approximate surface area is 255 Å². The average Bonchev–Trinajstić information content (AvgIpc) is 3.09. The number of hydrogen-bond acceptors (Lipinski definition) is 3. The van der Waals surface area contributed by atoms with Crippen molar-refractivity contribution in [3.63, 3.8) is 0 Å². The van der Waals surface area contributed by atoms with E-state index >= 15 is 0 Å². The average molecular weight is 562 g/mol. The number of pyridine rings is 2. The van der Waals surface area contributed by atoms with E-state index in [2.05, 4.69) is 117 Å². The van der Waals surface area contributed by atoms with E-state index in [4.69, 9.17) is 9.97 Å². The van der Waals surface area contributed by atoms with Gasteiger partial charge in [0.05, 0.1) is 34.1 Å². The molecule has 44 heavy (non-hydrogen) atoms. The van der Waals surface area contributed by atoms with E-state index < -0.39 is 0 Å². The van der Waals surface area contributed by atoms with E-state index in [1.165, 1.54) is 16.5 Å². The van der Waals surface area contributed by atoms with Gasteiger partial charge in [-0.2, -0.15) is 5.26 Å². The van der Waals surface area contributed by atoms with Crippen molar-refractivity contribution in [2.24, 2.45) is 0 Å². The van der Waals surface area contributed by atoms with E-state index in [0.717, 1.165) is 71.6 Å². The number of benzene rings is 6. The van der Waals surface area contributed by atoms with Crippen LogP contribution in [0.15, 0.2) is 127 Å². The molecule has 3 heteroatoms. The van der Waals surface area contributed by atoms with Gasteiger partial charge >= 0.3 is 0 Å². The Hall–Kier alpha value is -5.85. The minimum atomic E-state index is 0.602. The van der Waals surface area contributed by atoms with Crippen LogP contribution in [0.5, 0.6) is 0 Å². The first-order chi connectivity index (χ1) is 21.6. The molecule has 0 fully saturated rings. The lowest BCUT2D eigenvalue weighted by molar-refractivity contribution is 1.39. The van der Waals surface area contributed by atoms with Gasteiger partial charge in [-0.15, -0.1) is 0 Å². The maximum absolute atomic E-state index is 9.71. The van der Waals surface area contributed by atoms with E-state index in [-0.39, 0.29) is 0 Å². The third-order valence-electron chi connectivity index (χ3n) is 8.80. The molecular weight excluding hydrogens is 534 g/mol. The third kappa shape index (κ3) is 3.96. The molecule has 0 atom stereocenters. The number of nitriles is 1. The topological polar surface area (TPSA) is 49.6 Å². The summed E-state index contributed by atoms with van der Waals surface area (Å²) in [6, 6.07) is 46.2. The molecule has 0 aliphatic rings. The second-order valence-electron chi connectivity index (χ2n) is 11.3. The second kappa shape index (κ2) is 10.2. The molecular formula is C41H27N3. The van der Waals surface area contributed by atoms with Crippen molar-refractivity contribution in [3.8, 4) is 39.7 Å². The summed E-state index contributed by atoms with van der Waals surface area (Å²) in [6.45, 7) is 4.45. The quantitative estimate of drug-likeness (QED) is 0.159. The van der Waals surface area contributed by atoms with Gasteiger partial charge in [0.1, 0.15) is 0 Å². The molecule has 0 radical (unpaired) electrons. The Kier molecular flexibility index (Phi) is 5.96. The Morgan fingerprint density at radius 2 is 0.909 bits per heavy atom. The Morgan fingerprint density at radius 1 is 0.455 bits per heavy atom. The van der Waals surface area contributed by atoms with E-state index in [1.54, 1.807) is 0 Å². The molecule has 2 aromatic heterocycles. The van der Waals surface area contributed by atoms with Gasteiger partial charge < -0.3 is 0 Å². The molecule has 0 unspecified atom stereocenters. The molecule has 2 heterocycles. The summed E-state index contributed by atoms with van der Waals surface area (Å²) < 4.78 is 0. The number of fused-ring (bicyclic) bond motifs is 6. The fourth-order valence-corrected chi connectivity index (χ4v) is 6.78. The van der Waals surface area contributed by atoms with Crippen molar-refractivity contribution in [2.45, 2.75) is 13.8 Å². The van der Waals surface area contributed by atoms with Crippen molar-refractivity contribution in [3.05, 3.63) is 144 Å². The summed E-state index contributed by atoms with van der Waals surface area (Å²) in [7, 11) is 0. The van der Waals surface area contributed by atoms with Gasteiger partial charge in [-0.1, -0.05) is 109 Å². The second-order valence-corrected chi connectivity index (χ2v) is 11.3. The Morgan fingerprint density at radius 3 is 1.41 bits per heavy atom. The number of hydrogen-bond donors (Lipinski definition) is 0.